The molecule has 0 N–H and O–H groups in total. The molecule has 2 heterocycles. The minimum absolute atomic E-state index is 0.851. The van der Waals surface area contributed by atoms with E-state index in [1.165, 1.54) is 0 Å². The first-order chi connectivity index (χ1) is 7.31. The fourth-order valence-electron chi connectivity index (χ4n) is 1.49. The Labute approximate surface area is 97.3 Å². The Morgan fingerprint density at radius 1 is 1.33 bits per heavy atom. The third-order valence-electron chi connectivity index (χ3n) is 2.13. The van der Waals surface area contributed by atoms with Crippen molar-refractivity contribution in [2.75, 3.05) is 0 Å². The molecule has 0 spiro atoms. The van der Waals surface area contributed by atoms with Crippen LogP contribution in [0.1, 0.15) is 13.3 Å². The van der Waals surface area contributed by atoms with Crippen LogP contribution in [0, 0.1) is 0 Å². The van der Waals surface area contributed by atoms with Gasteiger partial charge in [0.05, 0.1) is 11.4 Å². The monoisotopic (exact) mass is 265 g/mol. The maximum atomic E-state index is 4.41. The van der Waals surface area contributed by atoms with Gasteiger partial charge in [0.25, 0.3) is 0 Å². The Hall–Kier alpha value is -1.16. The van der Waals surface area contributed by atoms with Gasteiger partial charge in [0.1, 0.15) is 4.60 Å². The average molecular weight is 266 g/mol. The summed E-state index contributed by atoms with van der Waals surface area (Å²) >= 11 is 3.37. The minimum Gasteiger partial charge on any atom is -0.263 e. The SMILES string of the molecule is CCCn1nccc1-c1cccc(Br)n1. The lowest BCUT2D eigenvalue weighted by Crippen LogP contribution is -2.01. The van der Waals surface area contributed by atoms with Crippen LogP contribution in [0.4, 0.5) is 0 Å². The Bertz CT molecular complexity index is 451. The van der Waals surface area contributed by atoms with Crippen LogP contribution in [0.25, 0.3) is 11.4 Å². The second kappa shape index (κ2) is 4.57. The predicted octanol–water partition coefficient (Wildman–Crippen LogP) is 3.12. The van der Waals surface area contributed by atoms with Crippen molar-refractivity contribution in [3.63, 3.8) is 0 Å². The van der Waals surface area contributed by atoms with Crippen molar-refractivity contribution in [1.82, 2.24) is 14.8 Å². The zero-order valence-corrected chi connectivity index (χ0v) is 10.1. The summed E-state index contributed by atoms with van der Waals surface area (Å²) < 4.78 is 2.83. The maximum absolute atomic E-state index is 4.41. The smallest absolute Gasteiger partial charge is 0.106 e. The van der Waals surface area contributed by atoms with Crippen molar-refractivity contribution in [2.24, 2.45) is 0 Å². The second-order valence-electron chi connectivity index (χ2n) is 3.29. The van der Waals surface area contributed by atoms with E-state index in [0.717, 1.165) is 29.0 Å². The molecule has 0 amide bonds. The summed E-state index contributed by atoms with van der Waals surface area (Å²) in [6.45, 7) is 3.07. The maximum Gasteiger partial charge on any atom is 0.106 e. The molecule has 0 bridgehead atoms. The first-order valence-corrected chi connectivity index (χ1v) is 5.75. The highest BCUT2D eigenvalue weighted by Gasteiger charge is 2.05. The van der Waals surface area contributed by atoms with Gasteiger partial charge in [-0.1, -0.05) is 13.0 Å². The third kappa shape index (κ3) is 2.26. The fraction of sp³-hybridized carbons (Fsp3) is 0.273. The third-order valence-corrected chi connectivity index (χ3v) is 2.57. The van der Waals surface area contributed by atoms with Crippen LogP contribution in [0.15, 0.2) is 35.1 Å². The van der Waals surface area contributed by atoms with Gasteiger partial charge in [0.15, 0.2) is 0 Å². The Morgan fingerprint density at radius 2 is 2.20 bits per heavy atom. The van der Waals surface area contributed by atoms with E-state index in [2.05, 4.69) is 32.9 Å². The number of nitrogens with zero attached hydrogens (tertiary/aromatic N) is 3. The van der Waals surface area contributed by atoms with E-state index in [1.807, 2.05) is 35.1 Å². The molecular formula is C11H12BrN3. The Morgan fingerprint density at radius 3 is 2.93 bits per heavy atom. The van der Waals surface area contributed by atoms with E-state index in [1.54, 1.807) is 0 Å². The fourth-order valence-corrected chi connectivity index (χ4v) is 1.83. The molecule has 0 unspecified atom stereocenters. The van der Waals surface area contributed by atoms with Crippen LogP contribution >= 0.6 is 15.9 Å². The highest BCUT2D eigenvalue weighted by molar-refractivity contribution is 9.10. The number of halogens is 1. The molecule has 0 radical (unpaired) electrons. The lowest BCUT2D eigenvalue weighted by Gasteiger charge is -2.05. The van der Waals surface area contributed by atoms with Crippen molar-refractivity contribution in [1.29, 1.82) is 0 Å². The summed E-state index contributed by atoms with van der Waals surface area (Å²) in [7, 11) is 0. The number of aromatic nitrogens is 3. The van der Waals surface area contributed by atoms with Crippen LogP contribution in [0.5, 0.6) is 0 Å². The van der Waals surface area contributed by atoms with Gasteiger partial charge in [-0.3, -0.25) is 4.68 Å². The van der Waals surface area contributed by atoms with Crippen molar-refractivity contribution < 1.29 is 0 Å². The molecule has 2 aromatic heterocycles. The molecule has 0 saturated carbocycles. The lowest BCUT2D eigenvalue weighted by molar-refractivity contribution is 0.608. The molecular weight excluding hydrogens is 254 g/mol. The number of aryl methyl sites for hydroxylation is 1. The van der Waals surface area contributed by atoms with E-state index in [4.69, 9.17) is 0 Å². The lowest BCUT2D eigenvalue weighted by atomic mass is 10.2. The van der Waals surface area contributed by atoms with E-state index in [0.29, 0.717) is 0 Å². The molecule has 3 nitrogen and oxygen atoms in total. The first-order valence-electron chi connectivity index (χ1n) is 4.96. The standard InChI is InChI=1S/C11H12BrN3/c1-2-8-15-10(6-7-13-15)9-4-3-5-11(12)14-9/h3-7H,2,8H2,1H3. The van der Waals surface area contributed by atoms with Crippen molar-refractivity contribution in [3.05, 3.63) is 35.1 Å². The second-order valence-corrected chi connectivity index (χ2v) is 4.10. The Kier molecular flexibility index (Phi) is 3.16. The zero-order chi connectivity index (χ0) is 10.7. The number of hydrogen-bond acceptors (Lipinski definition) is 2. The molecule has 0 aromatic carbocycles. The van der Waals surface area contributed by atoms with Crippen LogP contribution in [-0.2, 0) is 6.54 Å². The van der Waals surface area contributed by atoms with Gasteiger partial charge in [-0.25, -0.2) is 4.98 Å². The molecule has 4 heteroatoms. The van der Waals surface area contributed by atoms with Gasteiger partial charge in [0, 0.05) is 12.7 Å². The summed E-state index contributed by atoms with van der Waals surface area (Å²) in [6, 6.07) is 7.89. The summed E-state index contributed by atoms with van der Waals surface area (Å²) in [5, 5.41) is 4.27. The van der Waals surface area contributed by atoms with Gasteiger partial charge in [0.2, 0.25) is 0 Å². The molecule has 2 aromatic rings. The van der Waals surface area contributed by atoms with Crippen molar-refractivity contribution in [3.8, 4) is 11.4 Å². The van der Waals surface area contributed by atoms with E-state index >= 15 is 0 Å². The Balaban J connectivity index is 2.40. The van der Waals surface area contributed by atoms with Gasteiger partial charge in [-0.15, -0.1) is 0 Å². The summed E-state index contributed by atoms with van der Waals surface area (Å²) in [5.74, 6) is 0. The molecule has 78 valence electrons. The molecule has 0 aliphatic rings. The molecule has 0 aliphatic carbocycles. The first kappa shape index (κ1) is 10.4. The van der Waals surface area contributed by atoms with Gasteiger partial charge < -0.3 is 0 Å². The van der Waals surface area contributed by atoms with Gasteiger partial charge in [-0.05, 0) is 40.5 Å². The van der Waals surface area contributed by atoms with Gasteiger partial charge in [-0.2, -0.15) is 5.10 Å². The van der Waals surface area contributed by atoms with Crippen LogP contribution < -0.4 is 0 Å². The average Bonchev–Trinajstić information content (AvgIpc) is 2.66. The van der Waals surface area contributed by atoms with Crippen LogP contribution in [0.2, 0.25) is 0 Å². The minimum atomic E-state index is 0.851. The molecule has 0 fully saturated rings. The topological polar surface area (TPSA) is 30.7 Å². The van der Waals surface area contributed by atoms with E-state index < -0.39 is 0 Å². The number of rotatable bonds is 3. The highest BCUT2D eigenvalue weighted by atomic mass is 79.9. The highest BCUT2D eigenvalue weighted by Crippen LogP contribution is 2.18. The van der Waals surface area contributed by atoms with E-state index in [-0.39, 0.29) is 0 Å². The number of hydrogen-bond donors (Lipinski definition) is 0. The van der Waals surface area contributed by atoms with Gasteiger partial charge >= 0.3 is 0 Å². The van der Waals surface area contributed by atoms with Crippen LogP contribution in [0.3, 0.4) is 0 Å². The molecule has 0 saturated heterocycles. The number of pyridine rings is 1. The largest absolute Gasteiger partial charge is 0.263 e. The normalized spacial score (nSPS) is 10.5. The summed E-state index contributed by atoms with van der Waals surface area (Å²) in [4.78, 5) is 4.41. The molecule has 15 heavy (non-hydrogen) atoms. The molecule has 0 aliphatic heterocycles. The van der Waals surface area contributed by atoms with E-state index in [9.17, 15) is 0 Å². The molecule has 0 atom stereocenters. The summed E-state index contributed by atoms with van der Waals surface area (Å²) in [6.07, 6.45) is 2.89. The molecule has 2 rings (SSSR count). The van der Waals surface area contributed by atoms with Crippen molar-refractivity contribution >= 4 is 15.9 Å². The van der Waals surface area contributed by atoms with Crippen LogP contribution in [-0.4, -0.2) is 14.8 Å². The van der Waals surface area contributed by atoms with Crippen molar-refractivity contribution in [2.45, 2.75) is 19.9 Å². The quantitative estimate of drug-likeness (QED) is 0.799. The summed E-state index contributed by atoms with van der Waals surface area (Å²) in [5.41, 5.74) is 2.02. The predicted molar refractivity (Wildman–Crippen MR) is 63.4 cm³/mol. The zero-order valence-electron chi connectivity index (χ0n) is 8.52.